The predicted molar refractivity (Wildman–Crippen MR) is 97.0 cm³/mol. The van der Waals surface area contributed by atoms with E-state index in [2.05, 4.69) is 20.6 Å². The first kappa shape index (κ1) is 18.9. The van der Waals surface area contributed by atoms with Crippen molar-refractivity contribution in [2.45, 2.75) is 6.92 Å². The lowest BCUT2D eigenvalue weighted by atomic mass is 10.1. The molecule has 2 amide bonds. The van der Waals surface area contributed by atoms with Gasteiger partial charge in [0.15, 0.2) is 0 Å². The van der Waals surface area contributed by atoms with Crippen molar-refractivity contribution >= 4 is 24.0 Å². The van der Waals surface area contributed by atoms with Crippen LogP contribution in [0.5, 0.6) is 0 Å². The summed E-state index contributed by atoms with van der Waals surface area (Å²) in [7, 11) is 1.31. The highest BCUT2D eigenvalue weighted by Crippen LogP contribution is 2.04. The number of carbonyl (C=O) groups excluding carboxylic acids is 3. The van der Waals surface area contributed by atoms with Crippen molar-refractivity contribution in [2.75, 3.05) is 13.7 Å². The monoisotopic (exact) mass is 353 g/mol. The van der Waals surface area contributed by atoms with Crippen LogP contribution in [0.3, 0.4) is 0 Å². The molecule has 0 spiro atoms. The number of nitrogens with one attached hydrogen (secondary N) is 2. The van der Waals surface area contributed by atoms with Crippen LogP contribution < -0.4 is 10.7 Å². The highest BCUT2D eigenvalue weighted by atomic mass is 16.5. The van der Waals surface area contributed by atoms with E-state index in [1.807, 2.05) is 19.1 Å². The molecule has 2 rings (SSSR count). The van der Waals surface area contributed by atoms with E-state index in [1.54, 1.807) is 36.4 Å². The van der Waals surface area contributed by atoms with E-state index in [0.717, 1.165) is 5.56 Å². The number of rotatable bonds is 6. The molecule has 0 heterocycles. The smallest absolute Gasteiger partial charge is 0.337 e. The first-order valence-electron chi connectivity index (χ1n) is 7.85. The van der Waals surface area contributed by atoms with E-state index in [9.17, 15) is 14.4 Å². The van der Waals surface area contributed by atoms with E-state index < -0.39 is 11.9 Å². The Morgan fingerprint density at radius 1 is 1.00 bits per heavy atom. The SMILES string of the molecule is COC(=O)c1ccc(/C=N\NC(=O)CNC(=O)c2ccc(C)cc2)cc1. The largest absolute Gasteiger partial charge is 0.465 e. The third-order valence-electron chi connectivity index (χ3n) is 3.46. The Balaban J connectivity index is 1.79. The highest BCUT2D eigenvalue weighted by Gasteiger charge is 2.07. The summed E-state index contributed by atoms with van der Waals surface area (Å²) in [6, 6.07) is 13.6. The summed E-state index contributed by atoms with van der Waals surface area (Å²) >= 11 is 0. The standard InChI is InChI=1S/C19H19N3O4/c1-13-3-7-15(8-4-13)18(24)20-12-17(23)22-21-11-14-5-9-16(10-6-14)19(25)26-2/h3-11H,12H2,1-2H3,(H,20,24)(H,22,23)/b21-11-. The number of ether oxygens (including phenoxy) is 1. The van der Waals surface area contributed by atoms with Gasteiger partial charge in [-0.15, -0.1) is 0 Å². The molecule has 0 aliphatic carbocycles. The van der Waals surface area contributed by atoms with Gasteiger partial charge in [0.1, 0.15) is 0 Å². The molecule has 0 atom stereocenters. The van der Waals surface area contributed by atoms with E-state index in [-0.39, 0.29) is 12.5 Å². The molecule has 2 aromatic carbocycles. The number of hydrogen-bond acceptors (Lipinski definition) is 5. The van der Waals surface area contributed by atoms with E-state index in [0.29, 0.717) is 16.7 Å². The van der Waals surface area contributed by atoms with E-state index in [1.165, 1.54) is 13.3 Å². The van der Waals surface area contributed by atoms with Gasteiger partial charge in [0, 0.05) is 5.56 Å². The third kappa shape index (κ3) is 5.55. The quantitative estimate of drug-likeness (QED) is 0.469. The molecule has 0 unspecified atom stereocenters. The second-order valence-electron chi connectivity index (χ2n) is 5.46. The molecule has 26 heavy (non-hydrogen) atoms. The minimum atomic E-state index is -0.451. The maximum Gasteiger partial charge on any atom is 0.337 e. The molecule has 7 heteroatoms. The molecule has 0 aromatic heterocycles. The van der Waals surface area contributed by atoms with Crippen molar-refractivity contribution in [3.8, 4) is 0 Å². The van der Waals surface area contributed by atoms with E-state index >= 15 is 0 Å². The lowest BCUT2D eigenvalue weighted by Gasteiger charge is -2.04. The van der Waals surface area contributed by atoms with Crippen molar-refractivity contribution in [2.24, 2.45) is 5.10 Å². The van der Waals surface area contributed by atoms with Crippen LogP contribution in [-0.4, -0.2) is 37.7 Å². The molecule has 134 valence electrons. The molecular formula is C19H19N3O4. The van der Waals surface area contributed by atoms with Crippen LogP contribution in [-0.2, 0) is 9.53 Å². The zero-order valence-corrected chi connectivity index (χ0v) is 14.5. The first-order chi connectivity index (χ1) is 12.5. The number of hydrazone groups is 1. The molecule has 0 aliphatic rings. The number of aryl methyl sites for hydroxylation is 1. The number of carbonyl (C=O) groups is 3. The topological polar surface area (TPSA) is 96.9 Å². The summed E-state index contributed by atoms with van der Waals surface area (Å²) in [6.45, 7) is 1.74. The van der Waals surface area contributed by atoms with Crippen LogP contribution in [0.2, 0.25) is 0 Å². The van der Waals surface area contributed by atoms with Crippen molar-refractivity contribution in [3.63, 3.8) is 0 Å². The molecule has 0 saturated carbocycles. The van der Waals surface area contributed by atoms with Crippen LogP contribution in [0.4, 0.5) is 0 Å². The normalized spacial score (nSPS) is 10.4. The van der Waals surface area contributed by atoms with Gasteiger partial charge in [-0.25, -0.2) is 10.2 Å². The Morgan fingerprint density at radius 3 is 2.23 bits per heavy atom. The minimum Gasteiger partial charge on any atom is -0.465 e. The van der Waals surface area contributed by atoms with Crippen molar-refractivity contribution in [1.29, 1.82) is 0 Å². The summed E-state index contributed by atoms with van der Waals surface area (Å²) in [5, 5.41) is 6.32. The van der Waals surface area contributed by atoms with Gasteiger partial charge in [0.25, 0.3) is 11.8 Å². The number of hydrogen-bond donors (Lipinski definition) is 2. The Kier molecular flexibility index (Phi) is 6.61. The highest BCUT2D eigenvalue weighted by molar-refractivity contribution is 5.96. The van der Waals surface area contributed by atoms with E-state index in [4.69, 9.17) is 0 Å². The van der Waals surface area contributed by atoms with Gasteiger partial charge < -0.3 is 10.1 Å². The maximum atomic E-state index is 11.9. The van der Waals surface area contributed by atoms with Crippen LogP contribution in [0.25, 0.3) is 0 Å². The Morgan fingerprint density at radius 2 is 1.62 bits per heavy atom. The molecule has 0 saturated heterocycles. The van der Waals surface area contributed by atoms with Gasteiger partial charge in [-0.3, -0.25) is 9.59 Å². The van der Waals surface area contributed by atoms with Crippen LogP contribution in [0.15, 0.2) is 53.6 Å². The molecule has 0 aliphatic heterocycles. The van der Waals surface area contributed by atoms with Crippen LogP contribution in [0, 0.1) is 6.92 Å². The summed E-state index contributed by atoms with van der Waals surface area (Å²) in [4.78, 5) is 34.9. The fourth-order valence-corrected chi connectivity index (χ4v) is 2.01. The van der Waals surface area contributed by atoms with Gasteiger partial charge in [-0.2, -0.15) is 5.10 Å². The van der Waals surface area contributed by atoms with Crippen molar-refractivity contribution in [1.82, 2.24) is 10.7 Å². The first-order valence-corrected chi connectivity index (χ1v) is 7.85. The molecule has 0 bridgehead atoms. The predicted octanol–water partition coefficient (Wildman–Crippen LogP) is 1.66. The molecule has 0 fully saturated rings. The summed E-state index contributed by atoms with van der Waals surface area (Å²) in [5.74, 6) is -1.21. The number of nitrogens with zero attached hydrogens (tertiary/aromatic N) is 1. The third-order valence-corrected chi connectivity index (χ3v) is 3.46. The molecule has 0 radical (unpaired) electrons. The zero-order chi connectivity index (χ0) is 18.9. The molecule has 7 nitrogen and oxygen atoms in total. The van der Waals surface area contributed by atoms with Gasteiger partial charge >= 0.3 is 5.97 Å². The van der Waals surface area contributed by atoms with Gasteiger partial charge in [0.2, 0.25) is 0 Å². The fourth-order valence-electron chi connectivity index (χ4n) is 2.01. The number of esters is 1. The lowest BCUT2D eigenvalue weighted by molar-refractivity contribution is -0.120. The zero-order valence-electron chi connectivity index (χ0n) is 14.5. The second-order valence-corrected chi connectivity index (χ2v) is 5.46. The number of benzene rings is 2. The Labute approximate surface area is 151 Å². The van der Waals surface area contributed by atoms with Gasteiger partial charge in [-0.1, -0.05) is 29.8 Å². The number of methoxy groups -OCH3 is 1. The van der Waals surface area contributed by atoms with Crippen molar-refractivity contribution < 1.29 is 19.1 Å². The van der Waals surface area contributed by atoms with Crippen molar-refractivity contribution in [3.05, 3.63) is 70.8 Å². The van der Waals surface area contributed by atoms with Gasteiger partial charge in [-0.05, 0) is 36.8 Å². The molecule has 2 aromatic rings. The average Bonchev–Trinajstić information content (AvgIpc) is 2.66. The summed E-state index contributed by atoms with van der Waals surface area (Å²) < 4.78 is 4.61. The molecule has 2 N–H and O–H groups in total. The lowest BCUT2D eigenvalue weighted by Crippen LogP contribution is -2.34. The summed E-state index contributed by atoms with van der Waals surface area (Å²) in [5.41, 5.74) is 4.97. The Hall–Kier alpha value is -3.48. The maximum absolute atomic E-state index is 11.9. The Bertz CT molecular complexity index is 812. The van der Waals surface area contributed by atoms with Crippen LogP contribution in [0.1, 0.15) is 31.8 Å². The van der Waals surface area contributed by atoms with Gasteiger partial charge in [0.05, 0.1) is 25.4 Å². The average molecular weight is 353 g/mol. The minimum absolute atomic E-state index is 0.189. The number of amides is 2. The summed E-state index contributed by atoms with van der Waals surface area (Å²) in [6.07, 6.45) is 1.43. The van der Waals surface area contributed by atoms with Crippen LogP contribution >= 0.6 is 0 Å². The fraction of sp³-hybridized carbons (Fsp3) is 0.158. The second kappa shape index (κ2) is 9.12. The molecular weight excluding hydrogens is 334 g/mol.